The first-order valence-electron chi connectivity index (χ1n) is 5.20. The minimum absolute atomic E-state index is 0.150. The molecule has 1 aromatic heterocycles. The van der Waals surface area contributed by atoms with Gasteiger partial charge in [0.05, 0.1) is 5.60 Å². The summed E-state index contributed by atoms with van der Waals surface area (Å²) in [6.45, 7) is 3.85. The predicted octanol–water partition coefficient (Wildman–Crippen LogP) is 2.21. The minimum Gasteiger partial charge on any atom is -0.440 e. The molecule has 0 saturated carbocycles. The first kappa shape index (κ1) is 13.1. The van der Waals surface area contributed by atoms with Crippen LogP contribution in [0.25, 0.3) is 0 Å². The van der Waals surface area contributed by atoms with Crippen LogP contribution in [0.5, 0.6) is 0 Å². The Balaban J connectivity index is 2.47. The second-order valence-electron chi connectivity index (χ2n) is 4.03. The zero-order valence-corrected chi connectivity index (χ0v) is 10.2. The van der Waals surface area contributed by atoms with E-state index in [1.54, 1.807) is 6.92 Å². The lowest BCUT2D eigenvalue weighted by atomic mass is 10.0. The zero-order chi connectivity index (χ0) is 12.2. The number of hydrogen-bond acceptors (Lipinski definition) is 3. The summed E-state index contributed by atoms with van der Waals surface area (Å²) in [6.07, 6.45) is 1.49. The van der Waals surface area contributed by atoms with E-state index in [2.05, 4.69) is 5.32 Å². The van der Waals surface area contributed by atoms with E-state index in [9.17, 15) is 9.90 Å². The summed E-state index contributed by atoms with van der Waals surface area (Å²) in [5.74, 6) is -0.222. The number of nitrogens with one attached hydrogen (secondary N) is 1. The van der Waals surface area contributed by atoms with E-state index in [1.165, 1.54) is 12.1 Å². The van der Waals surface area contributed by atoms with Crippen molar-refractivity contribution in [3.63, 3.8) is 0 Å². The number of furan rings is 1. The summed E-state index contributed by atoms with van der Waals surface area (Å²) in [5.41, 5.74) is -0.888. The average Bonchev–Trinajstić information content (AvgIpc) is 2.61. The Hall–Kier alpha value is -1.00. The Morgan fingerprint density at radius 2 is 2.31 bits per heavy atom. The van der Waals surface area contributed by atoms with E-state index < -0.39 is 5.60 Å². The molecule has 5 heteroatoms. The molecule has 1 heterocycles. The molecular formula is C11H16ClNO3. The van der Waals surface area contributed by atoms with Gasteiger partial charge in [0.25, 0.3) is 5.91 Å². The first-order chi connectivity index (χ1) is 7.44. The molecular weight excluding hydrogens is 230 g/mol. The number of carbonyl (C=O) groups is 1. The monoisotopic (exact) mass is 245 g/mol. The van der Waals surface area contributed by atoms with Crippen molar-refractivity contribution >= 4 is 17.5 Å². The molecule has 0 spiro atoms. The van der Waals surface area contributed by atoms with Crippen molar-refractivity contribution in [3.05, 3.63) is 23.1 Å². The predicted molar refractivity (Wildman–Crippen MR) is 61.6 cm³/mol. The second-order valence-corrected chi connectivity index (χ2v) is 4.41. The van der Waals surface area contributed by atoms with E-state index in [0.717, 1.165) is 6.42 Å². The maximum Gasteiger partial charge on any atom is 0.287 e. The highest BCUT2D eigenvalue weighted by Gasteiger charge is 2.21. The Labute approximate surface area is 99.6 Å². The maximum atomic E-state index is 11.5. The summed E-state index contributed by atoms with van der Waals surface area (Å²) >= 11 is 5.55. The average molecular weight is 246 g/mol. The standard InChI is InChI=1S/C11H16ClNO3/c1-3-6-11(2,15)7-13-10(14)8-4-5-9(12)16-8/h4-5,15H,3,6-7H2,1-2H3,(H,13,14). The molecule has 0 radical (unpaired) electrons. The van der Waals surface area contributed by atoms with Gasteiger partial charge in [0.1, 0.15) is 0 Å². The van der Waals surface area contributed by atoms with Crippen molar-refractivity contribution in [1.29, 1.82) is 0 Å². The zero-order valence-electron chi connectivity index (χ0n) is 9.42. The van der Waals surface area contributed by atoms with Crippen LogP contribution in [0.2, 0.25) is 5.22 Å². The molecule has 0 aliphatic rings. The van der Waals surface area contributed by atoms with Gasteiger partial charge in [-0.1, -0.05) is 13.3 Å². The van der Waals surface area contributed by atoms with Gasteiger partial charge >= 0.3 is 0 Å². The van der Waals surface area contributed by atoms with Crippen LogP contribution in [0.4, 0.5) is 0 Å². The Morgan fingerprint density at radius 1 is 1.62 bits per heavy atom. The third-order valence-electron chi connectivity index (χ3n) is 2.22. The van der Waals surface area contributed by atoms with E-state index in [-0.39, 0.29) is 23.4 Å². The van der Waals surface area contributed by atoms with Gasteiger partial charge < -0.3 is 14.8 Å². The second kappa shape index (κ2) is 5.37. The lowest BCUT2D eigenvalue weighted by Gasteiger charge is -2.22. The normalized spacial score (nSPS) is 14.5. The van der Waals surface area contributed by atoms with Crippen LogP contribution in [-0.4, -0.2) is 23.2 Å². The lowest BCUT2D eigenvalue weighted by Crippen LogP contribution is -2.40. The van der Waals surface area contributed by atoms with E-state index >= 15 is 0 Å². The Bertz CT molecular complexity index is 360. The molecule has 1 aromatic rings. The molecule has 1 rings (SSSR count). The lowest BCUT2D eigenvalue weighted by molar-refractivity contribution is 0.0463. The van der Waals surface area contributed by atoms with Gasteiger partial charge in [-0.2, -0.15) is 0 Å². The molecule has 1 unspecified atom stereocenters. The van der Waals surface area contributed by atoms with Crippen LogP contribution in [-0.2, 0) is 0 Å². The number of rotatable bonds is 5. The van der Waals surface area contributed by atoms with Gasteiger partial charge in [0.2, 0.25) is 0 Å². The van der Waals surface area contributed by atoms with E-state index in [0.29, 0.717) is 6.42 Å². The van der Waals surface area contributed by atoms with Crippen LogP contribution < -0.4 is 5.32 Å². The third kappa shape index (κ3) is 3.87. The highest BCUT2D eigenvalue weighted by Crippen LogP contribution is 2.14. The van der Waals surface area contributed by atoms with Crippen LogP contribution in [0.1, 0.15) is 37.2 Å². The fourth-order valence-electron chi connectivity index (χ4n) is 1.42. The molecule has 16 heavy (non-hydrogen) atoms. The van der Waals surface area contributed by atoms with E-state index in [1.807, 2.05) is 6.92 Å². The Kier molecular flexibility index (Phi) is 4.38. The molecule has 0 fully saturated rings. The fourth-order valence-corrected chi connectivity index (χ4v) is 1.57. The largest absolute Gasteiger partial charge is 0.440 e. The number of halogens is 1. The molecule has 1 atom stereocenters. The van der Waals surface area contributed by atoms with Crippen molar-refractivity contribution in [1.82, 2.24) is 5.32 Å². The molecule has 1 amide bonds. The van der Waals surface area contributed by atoms with Gasteiger partial charge in [-0.05, 0) is 37.1 Å². The SMILES string of the molecule is CCCC(C)(O)CNC(=O)c1ccc(Cl)o1. The highest BCUT2D eigenvalue weighted by atomic mass is 35.5. The highest BCUT2D eigenvalue weighted by molar-refractivity contribution is 6.29. The molecule has 0 bridgehead atoms. The Morgan fingerprint density at radius 3 is 2.81 bits per heavy atom. The van der Waals surface area contributed by atoms with Crippen LogP contribution in [0, 0.1) is 0 Å². The summed E-state index contributed by atoms with van der Waals surface area (Å²) in [6, 6.07) is 2.99. The van der Waals surface area contributed by atoms with Crippen LogP contribution in [0.15, 0.2) is 16.5 Å². The fraction of sp³-hybridized carbons (Fsp3) is 0.545. The van der Waals surface area contributed by atoms with Crippen molar-refractivity contribution in [2.24, 2.45) is 0 Å². The van der Waals surface area contributed by atoms with Gasteiger partial charge in [0.15, 0.2) is 11.0 Å². The quantitative estimate of drug-likeness (QED) is 0.836. The molecule has 0 aromatic carbocycles. The summed E-state index contributed by atoms with van der Waals surface area (Å²) < 4.78 is 4.94. The number of amides is 1. The van der Waals surface area contributed by atoms with Crippen LogP contribution in [0.3, 0.4) is 0 Å². The van der Waals surface area contributed by atoms with Crippen LogP contribution >= 0.6 is 11.6 Å². The third-order valence-corrected chi connectivity index (χ3v) is 2.42. The molecule has 2 N–H and O–H groups in total. The number of hydrogen-bond donors (Lipinski definition) is 2. The summed E-state index contributed by atoms with van der Waals surface area (Å²) in [5, 5.41) is 12.6. The minimum atomic E-state index is -0.888. The van der Waals surface area contributed by atoms with Gasteiger partial charge in [-0.3, -0.25) is 4.79 Å². The summed E-state index contributed by atoms with van der Waals surface area (Å²) in [4.78, 5) is 11.5. The smallest absolute Gasteiger partial charge is 0.287 e. The molecule has 90 valence electrons. The maximum absolute atomic E-state index is 11.5. The topological polar surface area (TPSA) is 62.5 Å². The molecule has 0 aliphatic heterocycles. The summed E-state index contributed by atoms with van der Waals surface area (Å²) in [7, 11) is 0. The first-order valence-corrected chi connectivity index (χ1v) is 5.58. The van der Waals surface area contributed by atoms with Gasteiger partial charge in [-0.15, -0.1) is 0 Å². The van der Waals surface area contributed by atoms with Gasteiger partial charge in [-0.25, -0.2) is 0 Å². The molecule has 4 nitrogen and oxygen atoms in total. The molecule has 0 aliphatic carbocycles. The van der Waals surface area contributed by atoms with Crippen molar-refractivity contribution in [2.45, 2.75) is 32.3 Å². The van der Waals surface area contributed by atoms with E-state index in [4.69, 9.17) is 16.0 Å². The number of aliphatic hydroxyl groups is 1. The van der Waals surface area contributed by atoms with Crippen molar-refractivity contribution in [2.75, 3.05) is 6.54 Å². The molecule has 0 saturated heterocycles. The van der Waals surface area contributed by atoms with Crippen molar-refractivity contribution in [3.8, 4) is 0 Å². The number of carbonyl (C=O) groups excluding carboxylic acids is 1. The van der Waals surface area contributed by atoms with Gasteiger partial charge in [0, 0.05) is 6.54 Å². The van der Waals surface area contributed by atoms with Crippen molar-refractivity contribution < 1.29 is 14.3 Å².